The number of carbonyl (C=O) groups is 1. The SMILES string of the molecule is CCN(CC)C(=O)c1c(F)ccc(OC)c1Cl. The predicted octanol–water partition coefficient (Wildman–Crippen LogP) is 2.97. The Hall–Kier alpha value is -1.29. The van der Waals surface area contributed by atoms with Crippen LogP contribution in [-0.2, 0) is 0 Å². The van der Waals surface area contributed by atoms with E-state index in [0.29, 0.717) is 18.8 Å². The summed E-state index contributed by atoms with van der Waals surface area (Å²) in [7, 11) is 1.42. The standard InChI is InChI=1S/C12H15ClFNO2/c1-4-15(5-2)12(16)10-8(14)6-7-9(17-3)11(10)13/h6-7H,4-5H2,1-3H3. The number of methoxy groups -OCH3 is 1. The van der Waals surface area contributed by atoms with Crippen LogP contribution in [0.4, 0.5) is 4.39 Å². The molecular formula is C12H15ClFNO2. The van der Waals surface area contributed by atoms with Crippen LogP contribution in [-0.4, -0.2) is 31.0 Å². The fourth-order valence-electron chi connectivity index (χ4n) is 1.56. The van der Waals surface area contributed by atoms with E-state index in [9.17, 15) is 9.18 Å². The first-order valence-electron chi connectivity index (χ1n) is 5.38. The molecule has 0 unspecified atom stereocenters. The van der Waals surface area contributed by atoms with Gasteiger partial charge in [0.1, 0.15) is 11.6 Å². The lowest BCUT2D eigenvalue weighted by molar-refractivity contribution is 0.0768. The van der Waals surface area contributed by atoms with Crippen molar-refractivity contribution in [3.05, 3.63) is 28.5 Å². The molecule has 0 saturated carbocycles. The van der Waals surface area contributed by atoms with Crippen LogP contribution in [0.1, 0.15) is 24.2 Å². The van der Waals surface area contributed by atoms with E-state index >= 15 is 0 Å². The minimum absolute atomic E-state index is 0.0180. The number of ether oxygens (including phenoxy) is 1. The van der Waals surface area contributed by atoms with Gasteiger partial charge < -0.3 is 9.64 Å². The molecule has 0 heterocycles. The van der Waals surface area contributed by atoms with Gasteiger partial charge in [-0.25, -0.2) is 4.39 Å². The zero-order valence-corrected chi connectivity index (χ0v) is 10.8. The van der Waals surface area contributed by atoms with Crippen LogP contribution in [0.25, 0.3) is 0 Å². The number of nitrogens with zero attached hydrogens (tertiary/aromatic N) is 1. The van der Waals surface area contributed by atoms with Gasteiger partial charge in [-0.2, -0.15) is 0 Å². The van der Waals surface area contributed by atoms with Crippen LogP contribution < -0.4 is 4.74 Å². The quantitative estimate of drug-likeness (QED) is 0.832. The van der Waals surface area contributed by atoms with Crippen molar-refractivity contribution in [1.82, 2.24) is 4.90 Å². The van der Waals surface area contributed by atoms with E-state index < -0.39 is 11.7 Å². The fraction of sp³-hybridized carbons (Fsp3) is 0.417. The van der Waals surface area contributed by atoms with Gasteiger partial charge in [0, 0.05) is 13.1 Å². The number of carbonyl (C=O) groups excluding carboxylic acids is 1. The van der Waals surface area contributed by atoms with E-state index in [4.69, 9.17) is 16.3 Å². The Morgan fingerprint density at radius 3 is 2.47 bits per heavy atom. The van der Waals surface area contributed by atoms with Crippen molar-refractivity contribution in [2.24, 2.45) is 0 Å². The normalized spacial score (nSPS) is 10.2. The highest BCUT2D eigenvalue weighted by Crippen LogP contribution is 2.30. The van der Waals surface area contributed by atoms with E-state index in [1.54, 1.807) is 0 Å². The highest BCUT2D eigenvalue weighted by Gasteiger charge is 2.22. The van der Waals surface area contributed by atoms with Gasteiger partial charge in [-0.1, -0.05) is 11.6 Å². The Balaban J connectivity index is 3.25. The van der Waals surface area contributed by atoms with Crippen LogP contribution in [0.2, 0.25) is 5.02 Å². The van der Waals surface area contributed by atoms with Crippen molar-refractivity contribution in [1.29, 1.82) is 0 Å². The lowest BCUT2D eigenvalue weighted by atomic mass is 10.1. The summed E-state index contributed by atoms with van der Waals surface area (Å²) < 4.78 is 18.6. The molecule has 1 rings (SSSR count). The third kappa shape index (κ3) is 2.69. The summed E-state index contributed by atoms with van der Waals surface area (Å²) in [5.41, 5.74) is -0.130. The number of amides is 1. The molecule has 1 aromatic carbocycles. The Labute approximate surface area is 105 Å². The first-order chi connectivity index (χ1) is 8.06. The average Bonchev–Trinajstić information content (AvgIpc) is 2.31. The zero-order valence-electron chi connectivity index (χ0n) is 10.1. The number of halogens is 2. The van der Waals surface area contributed by atoms with Crippen molar-refractivity contribution in [3.63, 3.8) is 0 Å². The molecule has 0 bridgehead atoms. The summed E-state index contributed by atoms with van der Waals surface area (Å²) >= 11 is 5.95. The van der Waals surface area contributed by atoms with Crippen molar-refractivity contribution in [3.8, 4) is 5.75 Å². The Bertz CT molecular complexity index is 419. The molecule has 1 aromatic rings. The maximum Gasteiger partial charge on any atom is 0.258 e. The highest BCUT2D eigenvalue weighted by atomic mass is 35.5. The summed E-state index contributed by atoms with van der Waals surface area (Å²) in [6.45, 7) is 4.66. The molecule has 3 nitrogen and oxygen atoms in total. The molecule has 0 aliphatic heterocycles. The molecule has 0 fully saturated rings. The van der Waals surface area contributed by atoms with Gasteiger partial charge in [0.05, 0.1) is 17.7 Å². The molecule has 1 amide bonds. The van der Waals surface area contributed by atoms with Crippen LogP contribution >= 0.6 is 11.6 Å². The molecule has 0 aliphatic rings. The largest absolute Gasteiger partial charge is 0.495 e. The van der Waals surface area contributed by atoms with E-state index in [0.717, 1.165) is 0 Å². The minimum Gasteiger partial charge on any atom is -0.495 e. The summed E-state index contributed by atoms with van der Waals surface area (Å²) in [6.07, 6.45) is 0. The molecule has 94 valence electrons. The van der Waals surface area contributed by atoms with Gasteiger partial charge in [-0.15, -0.1) is 0 Å². The molecule has 0 saturated heterocycles. The van der Waals surface area contributed by atoms with Crippen molar-refractivity contribution in [2.75, 3.05) is 20.2 Å². The first-order valence-corrected chi connectivity index (χ1v) is 5.75. The third-order valence-corrected chi connectivity index (χ3v) is 2.92. The number of rotatable bonds is 4. The topological polar surface area (TPSA) is 29.5 Å². The molecule has 0 N–H and O–H groups in total. The van der Waals surface area contributed by atoms with E-state index in [1.165, 1.54) is 24.1 Å². The second kappa shape index (κ2) is 5.87. The van der Waals surface area contributed by atoms with Crippen molar-refractivity contribution in [2.45, 2.75) is 13.8 Å². The maximum absolute atomic E-state index is 13.7. The summed E-state index contributed by atoms with van der Waals surface area (Å²) in [5.74, 6) is -0.757. The van der Waals surface area contributed by atoms with Gasteiger partial charge >= 0.3 is 0 Å². The van der Waals surface area contributed by atoms with Gasteiger partial charge in [0.25, 0.3) is 5.91 Å². The molecule has 5 heteroatoms. The van der Waals surface area contributed by atoms with Gasteiger partial charge in [0.2, 0.25) is 0 Å². The lowest BCUT2D eigenvalue weighted by Crippen LogP contribution is -2.31. The Morgan fingerprint density at radius 2 is 2.00 bits per heavy atom. The van der Waals surface area contributed by atoms with E-state index in [1.807, 2.05) is 13.8 Å². The van der Waals surface area contributed by atoms with Crippen LogP contribution in [0, 0.1) is 5.82 Å². The molecule has 0 atom stereocenters. The highest BCUT2D eigenvalue weighted by molar-refractivity contribution is 6.35. The molecular weight excluding hydrogens is 245 g/mol. The van der Waals surface area contributed by atoms with Crippen LogP contribution in [0.15, 0.2) is 12.1 Å². The molecule has 0 aliphatic carbocycles. The predicted molar refractivity (Wildman–Crippen MR) is 65.2 cm³/mol. The second-order valence-corrected chi connectivity index (χ2v) is 3.79. The van der Waals surface area contributed by atoms with E-state index in [-0.39, 0.29) is 10.6 Å². The van der Waals surface area contributed by atoms with E-state index in [2.05, 4.69) is 0 Å². The van der Waals surface area contributed by atoms with Crippen LogP contribution in [0.5, 0.6) is 5.75 Å². The minimum atomic E-state index is -0.632. The molecule has 17 heavy (non-hydrogen) atoms. The number of benzene rings is 1. The summed E-state index contributed by atoms with van der Waals surface area (Å²) in [6, 6.07) is 2.58. The summed E-state index contributed by atoms with van der Waals surface area (Å²) in [4.78, 5) is 13.6. The monoisotopic (exact) mass is 259 g/mol. The van der Waals surface area contributed by atoms with Gasteiger partial charge in [-0.3, -0.25) is 4.79 Å². The zero-order chi connectivity index (χ0) is 13.0. The third-order valence-electron chi connectivity index (χ3n) is 2.54. The Kier molecular flexibility index (Phi) is 4.75. The number of hydrogen-bond acceptors (Lipinski definition) is 2. The van der Waals surface area contributed by atoms with Crippen molar-refractivity contribution >= 4 is 17.5 Å². The fourth-order valence-corrected chi connectivity index (χ4v) is 1.87. The lowest BCUT2D eigenvalue weighted by Gasteiger charge is -2.20. The van der Waals surface area contributed by atoms with Crippen LogP contribution in [0.3, 0.4) is 0 Å². The summed E-state index contributed by atoms with van der Waals surface area (Å²) in [5, 5.41) is 0.0180. The first kappa shape index (κ1) is 13.8. The molecule has 0 aromatic heterocycles. The smallest absolute Gasteiger partial charge is 0.258 e. The number of hydrogen-bond donors (Lipinski definition) is 0. The van der Waals surface area contributed by atoms with Crippen molar-refractivity contribution < 1.29 is 13.9 Å². The van der Waals surface area contributed by atoms with Gasteiger partial charge in [-0.05, 0) is 26.0 Å². The molecule has 0 spiro atoms. The average molecular weight is 260 g/mol. The second-order valence-electron chi connectivity index (χ2n) is 3.42. The molecule has 0 radical (unpaired) electrons. The van der Waals surface area contributed by atoms with Gasteiger partial charge in [0.15, 0.2) is 0 Å². The Morgan fingerprint density at radius 1 is 1.41 bits per heavy atom. The maximum atomic E-state index is 13.7.